The van der Waals surface area contributed by atoms with Crippen LogP contribution in [0.5, 0.6) is 0 Å². The second-order valence-electron chi connectivity index (χ2n) is 2.19. The molecule has 0 saturated heterocycles. The fraction of sp³-hybridized carbons (Fsp3) is 0.800. The molecule has 4 nitrogen and oxygen atoms in total. The number of nitro groups is 1. The average Bonchev–Trinajstić information content (AvgIpc) is 2.06. The lowest BCUT2D eigenvalue weighted by molar-refractivity contribution is -0.484. The number of aliphatic imine (C=N–C) groups is 1. The van der Waals surface area contributed by atoms with Gasteiger partial charge in [0, 0.05) is 44.2 Å². The van der Waals surface area contributed by atoms with Crippen molar-refractivity contribution in [2.45, 2.75) is 9.78 Å². The molecule has 0 N–H and O–H groups in total. The highest BCUT2D eigenvalue weighted by Crippen LogP contribution is 2.35. The van der Waals surface area contributed by atoms with Crippen LogP contribution in [0.1, 0.15) is 6.42 Å². The van der Waals surface area contributed by atoms with Crippen LogP contribution in [0, 0.1) is 10.1 Å². The molecule has 0 aliphatic carbocycles. The minimum Gasteiger partial charge on any atom is -0.274 e. The third-order valence-electron chi connectivity index (χ3n) is 1.28. The van der Waals surface area contributed by atoms with E-state index < -0.39 is 8.28 Å². The van der Waals surface area contributed by atoms with Gasteiger partial charge in [-0.15, -0.1) is 11.8 Å². The van der Waals surface area contributed by atoms with Gasteiger partial charge in [-0.25, -0.2) is 0 Å². The molecule has 0 aromatic heterocycles. The van der Waals surface area contributed by atoms with E-state index in [2.05, 4.69) is 36.9 Å². The lowest BCUT2D eigenvalue weighted by Crippen LogP contribution is -2.33. The highest BCUT2D eigenvalue weighted by Gasteiger charge is 2.43. The summed E-state index contributed by atoms with van der Waals surface area (Å²) in [6, 6.07) is 0. The van der Waals surface area contributed by atoms with E-state index in [9.17, 15) is 10.1 Å². The van der Waals surface area contributed by atoms with Gasteiger partial charge in [0.15, 0.2) is 5.04 Å². The van der Waals surface area contributed by atoms with Gasteiger partial charge in [-0.2, -0.15) is 0 Å². The van der Waals surface area contributed by atoms with E-state index in [0.717, 1.165) is 12.2 Å². The van der Waals surface area contributed by atoms with Crippen molar-refractivity contribution in [1.82, 2.24) is 0 Å². The van der Waals surface area contributed by atoms with Gasteiger partial charge in [-0.3, -0.25) is 15.1 Å². The van der Waals surface area contributed by atoms with E-state index in [1.807, 2.05) is 0 Å². The predicted molar refractivity (Wildman–Crippen MR) is 57.0 cm³/mol. The van der Waals surface area contributed by atoms with Gasteiger partial charge >= 0.3 is 3.36 Å². The number of hydrogen-bond acceptors (Lipinski definition) is 4. The topological polar surface area (TPSA) is 55.5 Å². The Morgan fingerprint density at radius 1 is 1.67 bits per heavy atom. The molecule has 1 aliphatic rings. The molecule has 1 aliphatic heterocycles. The van der Waals surface area contributed by atoms with E-state index in [4.69, 9.17) is 0 Å². The summed E-state index contributed by atoms with van der Waals surface area (Å²) in [6.07, 6.45) is 0.988. The van der Waals surface area contributed by atoms with Crippen LogP contribution in [0.2, 0.25) is 0 Å². The molecule has 0 amide bonds. The summed E-state index contributed by atoms with van der Waals surface area (Å²) in [5.41, 5.74) is 0. The highest BCUT2D eigenvalue weighted by atomic mass is 79.9. The maximum atomic E-state index is 10.5. The number of halogens is 2. The molecular formula is C5H6Br2N2O2S. The fourth-order valence-electron chi connectivity index (χ4n) is 0.720. The summed E-state index contributed by atoms with van der Waals surface area (Å²) in [7, 11) is 0. The molecule has 0 bridgehead atoms. The number of rotatable bonds is 2. The maximum absolute atomic E-state index is 10.5. The first-order valence-corrected chi connectivity index (χ1v) is 5.82. The van der Waals surface area contributed by atoms with E-state index >= 15 is 0 Å². The molecule has 0 aromatic rings. The standard InChI is InChI=1S/C5H6Br2N2O2S/c6-5(7,9(10)11)4-8-2-1-3-12-4/h1-3H2. The summed E-state index contributed by atoms with van der Waals surface area (Å²) in [6.45, 7) is 0.676. The third kappa shape index (κ3) is 2.20. The van der Waals surface area contributed by atoms with Crippen molar-refractivity contribution >= 4 is 48.7 Å². The molecular weight excluding hydrogens is 312 g/mol. The molecule has 0 atom stereocenters. The molecule has 1 heterocycles. The Kier molecular flexibility index (Phi) is 3.54. The van der Waals surface area contributed by atoms with Crippen molar-refractivity contribution < 1.29 is 4.92 Å². The summed E-state index contributed by atoms with van der Waals surface area (Å²) in [5.74, 6) is 0.894. The minimum atomic E-state index is -1.37. The van der Waals surface area contributed by atoms with Gasteiger partial charge in [-0.05, 0) is 6.42 Å². The Labute approximate surface area is 90.6 Å². The first-order valence-electron chi connectivity index (χ1n) is 3.25. The lowest BCUT2D eigenvalue weighted by Gasteiger charge is -2.16. The van der Waals surface area contributed by atoms with Crippen LogP contribution in [0.15, 0.2) is 4.99 Å². The largest absolute Gasteiger partial charge is 0.373 e. The monoisotopic (exact) mass is 316 g/mol. The minimum absolute atomic E-state index is 0.440. The fourth-order valence-corrected chi connectivity index (χ4v) is 2.55. The lowest BCUT2D eigenvalue weighted by atomic mass is 10.5. The zero-order chi connectivity index (χ0) is 9.19. The molecule has 68 valence electrons. The second-order valence-corrected chi connectivity index (χ2v) is 6.63. The predicted octanol–water partition coefficient (Wildman–Crippen LogP) is 2.24. The number of alkyl halides is 2. The molecule has 12 heavy (non-hydrogen) atoms. The van der Waals surface area contributed by atoms with Crippen LogP contribution >= 0.6 is 43.6 Å². The van der Waals surface area contributed by atoms with Crippen molar-refractivity contribution in [3.63, 3.8) is 0 Å². The average molecular weight is 318 g/mol. The molecule has 0 radical (unpaired) electrons. The molecule has 0 spiro atoms. The zero-order valence-electron chi connectivity index (χ0n) is 6.00. The third-order valence-corrected chi connectivity index (χ3v) is 4.33. The van der Waals surface area contributed by atoms with Crippen molar-refractivity contribution in [2.75, 3.05) is 12.3 Å². The summed E-state index contributed by atoms with van der Waals surface area (Å²) in [5, 5.41) is 11.0. The highest BCUT2D eigenvalue weighted by molar-refractivity contribution is 9.26. The molecule has 7 heteroatoms. The molecule has 0 unspecified atom stereocenters. The van der Waals surface area contributed by atoms with Crippen LogP contribution in [0.4, 0.5) is 0 Å². The Morgan fingerprint density at radius 3 is 2.75 bits per heavy atom. The number of thioether (sulfide) groups is 1. The van der Waals surface area contributed by atoms with Crippen molar-refractivity contribution in [1.29, 1.82) is 0 Å². The maximum Gasteiger partial charge on any atom is 0.373 e. The van der Waals surface area contributed by atoms with Gasteiger partial charge < -0.3 is 0 Å². The Bertz CT molecular complexity index is 231. The van der Waals surface area contributed by atoms with Crippen molar-refractivity contribution in [3.05, 3.63) is 10.1 Å². The van der Waals surface area contributed by atoms with Gasteiger partial charge in [0.05, 0.1) is 4.92 Å². The van der Waals surface area contributed by atoms with E-state index in [0.29, 0.717) is 11.6 Å². The van der Waals surface area contributed by atoms with Crippen LogP contribution in [-0.4, -0.2) is 25.6 Å². The summed E-state index contributed by atoms with van der Waals surface area (Å²) in [4.78, 5) is 14.2. The van der Waals surface area contributed by atoms with Crippen LogP contribution < -0.4 is 0 Å². The van der Waals surface area contributed by atoms with Gasteiger partial charge in [0.1, 0.15) is 0 Å². The smallest absolute Gasteiger partial charge is 0.274 e. The van der Waals surface area contributed by atoms with E-state index in [-0.39, 0.29) is 0 Å². The first-order chi connectivity index (χ1) is 5.55. The SMILES string of the molecule is O=[N+]([O-])C(Br)(Br)C1=NCCCS1. The van der Waals surface area contributed by atoms with Crippen LogP contribution in [-0.2, 0) is 0 Å². The first kappa shape index (κ1) is 10.5. The van der Waals surface area contributed by atoms with Gasteiger partial charge in [-0.1, -0.05) is 0 Å². The van der Waals surface area contributed by atoms with E-state index in [1.54, 1.807) is 0 Å². The number of nitrogens with zero attached hydrogens (tertiary/aromatic N) is 2. The number of hydrogen-bond donors (Lipinski definition) is 0. The van der Waals surface area contributed by atoms with Crippen molar-refractivity contribution in [3.8, 4) is 0 Å². The Morgan fingerprint density at radius 2 is 2.33 bits per heavy atom. The molecule has 0 aromatic carbocycles. The Hall–Kier alpha value is 0.380. The summed E-state index contributed by atoms with van der Waals surface area (Å²) >= 11 is 7.36. The van der Waals surface area contributed by atoms with Crippen LogP contribution in [0.25, 0.3) is 0 Å². The molecule has 0 fully saturated rings. The second kappa shape index (κ2) is 4.06. The van der Waals surface area contributed by atoms with E-state index in [1.165, 1.54) is 11.8 Å². The quantitative estimate of drug-likeness (QED) is 0.340. The van der Waals surface area contributed by atoms with Gasteiger partial charge in [0.25, 0.3) is 0 Å². The summed E-state index contributed by atoms with van der Waals surface area (Å²) < 4.78 is -1.37. The normalized spacial score (nSPS) is 18.7. The van der Waals surface area contributed by atoms with Gasteiger partial charge in [0.2, 0.25) is 0 Å². The van der Waals surface area contributed by atoms with Crippen molar-refractivity contribution in [2.24, 2.45) is 4.99 Å². The zero-order valence-corrected chi connectivity index (χ0v) is 9.98. The van der Waals surface area contributed by atoms with Crippen LogP contribution in [0.3, 0.4) is 0 Å². The molecule has 1 rings (SSSR count). The molecule has 0 saturated carbocycles. The Balaban J connectivity index is 2.79.